The molecule has 0 unspecified atom stereocenters. The third-order valence-corrected chi connectivity index (χ3v) is 4.59. The molecule has 0 spiro atoms. The molecule has 1 aromatic carbocycles. The quantitative estimate of drug-likeness (QED) is 0.829. The van der Waals surface area contributed by atoms with Crippen molar-refractivity contribution in [3.05, 3.63) is 35.5 Å². The average molecular weight is 347 g/mol. The Balaban J connectivity index is 1.67. The number of hydrogen-bond donors (Lipinski definition) is 0. The first-order chi connectivity index (χ1) is 11.7. The Kier molecular flexibility index (Phi) is 5.35. The summed E-state index contributed by atoms with van der Waals surface area (Å²) in [5.74, 6) is 1.60. The fourth-order valence-electron chi connectivity index (χ4n) is 2.96. The SMILES string of the molecule is CCN(CC)c1cnnc(N2CCN(c3cccc(Cl)c3)CC2)n1. The van der Waals surface area contributed by atoms with Crippen LogP contribution in [0.15, 0.2) is 30.5 Å². The van der Waals surface area contributed by atoms with Gasteiger partial charge in [0.05, 0.1) is 6.20 Å². The standard InChI is InChI=1S/C17H23ClN6/c1-3-22(4-2)16-13-19-21-17(20-16)24-10-8-23(9-11-24)15-7-5-6-14(18)12-15/h5-7,12-13H,3-4,8-11H2,1-2H3. The van der Waals surface area contributed by atoms with Crippen LogP contribution in [0.1, 0.15) is 13.8 Å². The number of hydrogen-bond acceptors (Lipinski definition) is 6. The van der Waals surface area contributed by atoms with Gasteiger partial charge in [-0.15, -0.1) is 5.10 Å². The summed E-state index contributed by atoms with van der Waals surface area (Å²) >= 11 is 6.09. The second kappa shape index (κ2) is 7.66. The fraction of sp³-hybridized carbons (Fsp3) is 0.471. The van der Waals surface area contributed by atoms with Gasteiger partial charge in [0.25, 0.3) is 0 Å². The highest BCUT2D eigenvalue weighted by molar-refractivity contribution is 6.30. The van der Waals surface area contributed by atoms with Gasteiger partial charge in [-0.1, -0.05) is 17.7 Å². The highest BCUT2D eigenvalue weighted by atomic mass is 35.5. The lowest BCUT2D eigenvalue weighted by atomic mass is 10.2. The van der Waals surface area contributed by atoms with Crippen LogP contribution in [0.5, 0.6) is 0 Å². The monoisotopic (exact) mass is 346 g/mol. The number of piperazine rings is 1. The number of halogens is 1. The lowest BCUT2D eigenvalue weighted by Gasteiger charge is -2.36. The summed E-state index contributed by atoms with van der Waals surface area (Å²) in [6, 6.07) is 8.00. The predicted octanol–water partition coefficient (Wildman–Crippen LogP) is 2.70. The van der Waals surface area contributed by atoms with E-state index in [0.29, 0.717) is 5.95 Å². The van der Waals surface area contributed by atoms with Gasteiger partial charge in [0.2, 0.25) is 5.95 Å². The van der Waals surface area contributed by atoms with E-state index in [0.717, 1.165) is 55.8 Å². The van der Waals surface area contributed by atoms with E-state index < -0.39 is 0 Å². The van der Waals surface area contributed by atoms with Crippen molar-refractivity contribution < 1.29 is 0 Å². The average Bonchev–Trinajstić information content (AvgIpc) is 2.63. The van der Waals surface area contributed by atoms with Gasteiger partial charge in [-0.3, -0.25) is 0 Å². The van der Waals surface area contributed by atoms with Crippen LogP contribution in [0.4, 0.5) is 17.5 Å². The summed E-state index contributed by atoms with van der Waals surface area (Å²) in [4.78, 5) is 11.4. The van der Waals surface area contributed by atoms with E-state index in [-0.39, 0.29) is 0 Å². The number of anilines is 3. The zero-order chi connectivity index (χ0) is 16.9. The van der Waals surface area contributed by atoms with Crippen molar-refractivity contribution in [2.24, 2.45) is 0 Å². The number of benzene rings is 1. The Morgan fingerprint density at radius 2 is 1.79 bits per heavy atom. The normalized spacial score (nSPS) is 14.8. The predicted molar refractivity (Wildman–Crippen MR) is 99.3 cm³/mol. The molecule has 0 N–H and O–H groups in total. The van der Waals surface area contributed by atoms with E-state index in [1.807, 2.05) is 18.2 Å². The lowest BCUT2D eigenvalue weighted by Crippen LogP contribution is -2.47. The first kappa shape index (κ1) is 16.8. The molecule has 24 heavy (non-hydrogen) atoms. The second-order valence-corrected chi connectivity index (χ2v) is 6.18. The van der Waals surface area contributed by atoms with Crippen LogP contribution in [0.3, 0.4) is 0 Å². The van der Waals surface area contributed by atoms with Crippen LogP contribution >= 0.6 is 11.6 Å². The second-order valence-electron chi connectivity index (χ2n) is 5.74. The topological polar surface area (TPSA) is 48.4 Å². The molecule has 3 rings (SSSR count). The molecule has 6 nitrogen and oxygen atoms in total. The molecule has 1 saturated heterocycles. The number of rotatable bonds is 5. The van der Waals surface area contributed by atoms with E-state index in [1.165, 1.54) is 0 Å². The highest BCUT2D eigenvalue weighted by Gasteiger charge is 2.20. The highest BCUT2D eigenvalue weighted by Crippen LogP contribution is 2.22. The van der Waals surface area contributed by atoms with Crippen molar-refractivity contribution in [1.29, 1.82) is 0 Å². The molecule has 0 amide bonds. The maximum atomic E-state index is 6.09. The molecule has 1 fully saturated rings. The van der Waals surface area contributed by atoms with E-state index in [4.69, 9.17) is 11.6 Å². The largest absolute Gasteiger partial charge is 0.368 e. The zero-order valence-electron chi connectivity index (χ0n) is 14.2. The smallest absolute Gasteiger partial charge is 0.247 e. The van der Waals surface area contributed by atoms with Gasteiger partial charge >= 0.3 is 0 Å². The number of nitrogens with zero attached hydrogens (tertiary/aromatic N) is 6. The van der Waals surface area contributed by atoms with Crippen LogP contribution in [0.25, 0.3) is 0 Å². The van der Waals surface area contributed by atoms with Crippen molar-refractivity contribution in [1.82, 2.24) is 15.2 Å². The Morgan fingerprint density at radius 3 is 2.46 bits per heavy atom. The van der Waals surface area contributed by atoms with Gasteiger partial charge in [-0.2, -0.15) is 10.1 Å². The van der Waals surface area contributed by atoms with Gasteiger partial charge in [-0.25, -0.2) is 0 Å². The Morgan fingerprint density at radius 1 is 1.08 bits per heavy atom. The van der Waals surface area contributed by atoms with Gasteiger partial charge < -0.3 is 14.7 Å². The van der Waals surface area contributed by atoms with E-state index >= 15 is 0 Å². The molecular formula is C17H23ClN6. The van der Waals surface area contributed by atoms with Crippen molar-refractivity contribution in [3.8, 4) is 0 Å². The van der Waals surface area contributed by atoms with Gasteiger partial charge in [0.1, 0.15) is 0 Å². The maximum absolute atomic E-state index is 6.09. The minimum absolute atomic E-state index is 0.713. The molecule has 2 heterocycles. The Bertz CT molecular complexity index is 668. The third kappa shape index (κ3) is 3.70. The van der Waals surface area contributed by atoms with E-state index in [2.05, 4.69) is 49.8 Å². The molecule has 1 aliphatic heterocycles. The van der Waals surface area contributed by atoms with Crippen molar-refractivity contribution in [3.63, 3.8) is 0 Å². The molecule has 1 aromatic heterocycles. The maximum Gasteiger partial charge on any atom is 0.247 e. The van der Waals surface area contributed by atoms with Gasteiger partial charge in [-0.05, 0) is 32.0 Å². The lowest BCUT2D eigenvalue weighted by molar-refractivity contribution is 0.633. The van der Waals surface area contributed by atoms with Gasteiger partial charge in [0, 0.05) is 50.0 Å². The molecule has 7 heteroatoms. The van der Waals surface area contributed by atoms with Crippen LogP contribution in [0.2, 0.25) is 5.02 Å². The van der Waals surface area contributed by atoms with Crippen LogP contribution in [0, 0.1) is 0 Å². The first-order valence-corrected chi connectivity index (χ1v) is 8.79. The molecule has 0 bridgehead atoms. The molecule has 0 atom stereocenters. The van der Waals surface area contributed by atoms with Gasteiger partial charge in [0.15, 0.2) is 5.82 Å². The summed E-state index contributed by atoms with van der Waals surface area (Å²) in [6.45, 7) is 9.64. The fourth-order valence-corrected chi connectivity index (χ4v) is 3.14. The summed E-state index contributed by atoms with van der Waals surface area (Å²) < 4.78 is 0. The molecule has 0 saturated carbocycles. The summed E-state index contributed by atoms with van der Waals surface area (Å²) in [5.41, 5.74) is 1.16. The first-order valence-electron chi connectivity index (χ1n) is 8.41. The third-order valence-electron chi connectivity index (χ3n) is 4.36. The molecule has 2 aromatic rings. The minimum Gasteiger partial charge on any atom is -0.368 e. The van der Waals surface area contributed by atoms with Crippen LogP contribution < -0.4 is 14.7 Å². The van der Waals surface area contributed by atoms with Crippen LogP contribution in [-0.4, -0.2) is 54.4 Å². The minimum atomic E-state index is 0.713. The molecule has 128 valence electrons. The zero-order valence-corrected chi connectivity index (χ0v) is 14.9. The molecule has 1 aliphatic rings. The summed E-state index contributed by atoms with van der Waals surface area (Å²) in [5, 5.41) is 9.14. The Hall–Kier alpha value is -2.08. The molecular weight excluding hydrogens is 324 g/mol. The van der Waals surface area contributed by atoms with E-state index in [1.54, 1.807) is 6.20 Å². The van der Waals surface area contributed by atoms with Crippen molar-refractivity contribution >= 4 is 29.1 Å². The number of aromatic nitrogens is 3. The van der Waals surface area contributed by atoms with Crippen molar-refractivity contribution in [2.45, 2.75) is 13.8 Å². The van der Waals surface area contributed by atoms with Crippen molar-refractivity contribution in [2.75, 3.05) is 54.0 Å². The molecule has 0 aliphatic carbocycles. The Labute approximate surface area is 148 Å². The summed E-state index contributed by atoms with van der Waals surface area (Å²) in [6.07, 6.45) is 1.73. The van der Waals surface area contributed by atoms with E-state index in [9.17, 15) is 0 Å². The van der Waals surface area contributed by atoms with Crippen LogP contribution in [-0.2, 0) is 0 Å². The summed E-state index contributed by atoms with van der Waals surface area (Å²) in [7, 11) is 0. The molecule has 0 radical (unpaired) electrons.